The summed E-state index contributed by atoms with van der Waals surface area (Å²) in [5.74, 6) is -0.695. The number of nitrogens with zero attached hydrogens (tertiary/aromatic N) is 2. The average molecular weight is 357 g/mol. The number of halogens is 1. The van der Waals surface area contributed by atoms with E-state index >= 15 is 0 Å². The number of nitriles is 1. The molecule has 0 saturated carbocycles. The van der Waals surface area contributed by atoms with Crippen molar-refractivity contribution in [1.29, 1.82) is 5.26 Å². The van der Waals surface area contributed by atoms with E-state index in [9.17, 15) is 14.9 Å². The van der Waals surface area contributed by atoms with Crippen molar-refractivity contribution in [3.05, 3.63) is 74.9 Å². The van der Waals surface area contributed by atoms with Crippen molar-refractivity contribution in [3.8, 4) is 6.07 Å². The monoisotopic (exact) mass is 356 g/mol. The fourth-order valence-electron chi connectivity index (χ4n) is 1.97. The molecule has 1 amide bonds. The number of rotatable bonds is 5. The van der Waals surface area contributed by atoms with Crippen LogP contribution in [-0.2, 0) is 4.79 Å². The molecule has 0 aromatic heterocycles. The van der Waals surface area contributed by atoms with Gasteiger partial charge in [-0.2, -0.15) is 5.26 Å². The van der Waals surface area contributed by atoms with Crippen molar-refractivity contribution in [2.45, 2.75) is 6.92 Å². The van der Waals surface area contributed by atoms with Gasteiger partial charge in [-0.1, -0.05) is 23.7 Å². The maximum absolute atomic E-state index is 12.2. The molecular weight excluding hydrogens is 344 g/mol. The molecule has 7 nitrogen and oxygen atoms in total. The summed E-state index contributed by atoms with van der Waals surface area (Å²) in [4.78, 5) is 22.4. The van der Waals surface area contributed by atoms with Crippen molar-refractivity contribution < 1.29 is 9.72 Å². The average Bonchev–Trinajstić information content (AvgIpc) is 2.57. The predicted molar refractivity (Wildman–Crippen MR) is 95.2 cm³/mol. The first kappa shape index (κ1) is 18.0. The Hall–Kier alpha value is -3.37. The zero-order chi connectivity index (χ0) is 18.4. The Balaban J connectivity index is 2.15. The molecule has 2 aromatic carbocycles. The first-order valence-corrected chi connectivity index (χ1v) is 7.47. The highest BCUT2D eigenvalue weighted by molar-refractivity contribution is 6.32. The summed E-state index contributed by atoms with van der Waals surface area (Å²) < 4.78 is 0. The molecule has 0 aliphatic heterocycles. The molecule has 0 radical (unpaired) electrons. The zero-order valence-corrected chi connectivity index (χ0v) is 13.9. The Labute approximate surface area is 148 Å². The van der Waals surface area contributed by atoms with E-state index in [4.69, 9.17) is 16.9 Å². The number of hydrogen-bond donors (Lipinski definition) is 2. The third-order valence-corrected chi connectivity index (χ3v) is 3.49. The number of anilines is 2. The third-order valence-electron chi connectivity index (χ3n) is 3.17. The van der Waals surface area contributed by atoms with Gasteiger partial charge in [-0.15, -0.1) is 0 Å². The SMILES string of the molecule is Cc1cccc(N/C=C(/C#N)C(=O)Nc2ccc(Cl)c([N+](=O)[O-])c2)c1. The second-order valence-electron chi connectivity index (χ2n) is 5.06. The Kier molecular flexibility index (Phi) is 5.71. The van der Waals surface area contributed by atoms with Gasteiger partial charge in [0.15, 0.2) is 0 Å². The van der Waals surface area contributed by atoms with Crippen molar-refractivity contribution in [1.82, 2.24) is 0 Å². The van der Waals surface area contributed by atoms with E-state index in [0.29, 0.717) is 0 Å². The summed E-state index contributed by atoms with van der Waals surface area (Å²) in [6.07, 6.45) is 1.27. The highest BCUT2D eigenvalue weighted by Gasteiger charge is 2.15. The number of carbonyl (C=O) groups is 1. The highest BCUT2D eigenvalue weighted by Crippen LogP contribution is 2.27. The van der Waals surface area contributed by atoms with Crippen LogP contribution >= 0.6 is 11.6 Å². The molecule has 0 aliphatic rings. The fraction of sp³-hybridized carbons (Fsp3) is 0.0588. The lowest BCUT2D eigenvalue weighted by atomic mass is 10.2. The number of nitro benzene ring substituents is 1. The van der Waals surface area contributed by atoms with E-state index in [1.807, 2.05) is 25.1 Å². The van der Waals surface area contributed by atoms with Crippen LogP contribution in [0, 0.1) is 28.4 Å². The first-order chi connectivity index (χ1) is 11.9. The molecule has 0 saturated heterocycles. The van der Waals surface area contributed by atoms with Crippen molar-refractivity contribution in [3.63, 3.8) is 0 Å². The summed E-state index contributed by atoms with van der Waals surface area (Å²) in [6.45, 7) is 1.92. The minimum Gasteiger partial charge on any atom is -0.360 e. The van der Waals surface area contributed by atoms with Gasteiger partial charge < -0.3 is 10.6 Å². The van der Waals surface area contributed by atoms with Gasteiger partial charge in [-0.3, -0.25) is 14.9 Å². The van der Waals surface area contributed by atoms with Gasteiger partial charge in [0.25, 0.3) is 11.6 Å². The van der Waals surface area contributed by atoms with Crippen molar-refractivity contribution in [2.75, 3.05) is 10.6 Å². The molecule has 2 rings (SSSR count). The zero-order valence-electron chi connectivity index (χ0n) is 13.1. The normalized spacial score (nSPS) is 10.7. The van der Waals surface area contributed by atoms with Gasteiger partial charge in [-0.25, -0.2) is 0 Å². The molecule has 0 fully saturated rings. The second-order valence-corrected chi connectivity index (χ2v) is 5.47. The fourth-order valence-corrected chi connectivity index (χ4v) is 2.15. The van der Waals surface area contributed by atoms with Crippen LogP contribution in [0.5, 0.6) is 0 Å². The number of nitrogens with one attached hydrogen (secondary N) is 2. The first-order valence-electron chi connectivity index (χ1n) is 7.09. The number of benzene rings is 2. The Bertz CT molecular complexity index is 903. The predicted octanol–water partition coefficient (Wildman–Crippen LogP) is 4.01. The van der Waals surface area contributed by atoms with Crippen LogP contribution in [0.2, 0.25) is 5.02 Å². The number of nitro groups is 1. The lowest BCUT2D eigenvalue weighted by Crippen LogP contribution is -2.14. The standard InChI is InChI=1S/C17H13ClN4O3/c1-11-3-2-4-13(7-11)20-10-12(9-19)17(23)21-14-5-6-15(18)16(8-14)22(24)25/h2-8,10,20H,1H3,(H,21,23)/b12-10-. The van der Waals surface area contributed by atoms with Crippen molar-refractivity contribution >= 4 is 34.6 Å². The molecule has 0 unspecified atom stereocenters. The third kappa shape index (κ3) is 4.80. The topological polar surface area (TPSA) is 108 Å². The van der Waals surface area contributed by atoms with E-state index in [-0.39, 0.29) is 22.0 Å². The van der Waals surface area contributed by atoms with Crippen molar-refractivity contribution in [2.24, 2.45) is 0 Å². The Morgan fingerprint density at radius 1 is 1.28 bits per heavy atom. The quantitative estimate of drug-likeness (QED) is 0.364. The van der Waals surface area contributed by atoms with Crippen LogP contribution in [0.4, 0.5) is 17.1 Å². The van der Waals surface area contributed by atoms with Crippen LogP contribution in [0.1, 0.15) is 5.56 Å². The lowest BCUT2D eigenvalue weighted by molar-refractivity contribution is -0.384. The lowest BCUT2D eigenvalue weighted by Gasteiger charge is -2.06. The van der Waals surface area contributed by atoms with E-state index < -0.39 is 10.8 Å². The van der Waals surface area contributed by atoms with Crippen LogP contribution in [0.25, 0.3) is 0 Å². The Morgan fingerprint density at radius 2 is 2.04 bits per heavy atom. The minimum atomic E-state index is -0.695. The molecule has 25 heavy (non-hydrogen) atoms. The molecule has 126 valence electrons. The number of hydrogen-bond acceptors (Lipinski definition) is 5. The van der Waals surface area contributed by atoms with E-state index in [2.05, 4.69) is 10.6 Å². The smallest absolute Gasteiger partial charge is 0.289 e. The van der Waals surface area contributed by atoms with Gasteiger partial charge in [0.2, 0.25) is 0 Å². The van der Waals surface area contributed by atoms with E-state index in [1.54, 1.807) is 12.1 Å². The molecule has 0 heterocycles. The summed E-state index contributed by atoms with van der Waals surface area (Å²) in [7, 11) is 0. The van der Waals surface area contributed by atoms with Gasteiger partial charge >= 0.3 is 0 Å². The van der Waals surface area contributed by atoms with E-state index in [0.717, 1.165) is 17.3 Å². The highest BCUT2D eigenvalue weighted by atomic mass is 35.5. The van der Waals surface area contributed by atoms with Gasteiger partial charge in [0.05, 0.1) is 4.92 Å². The molecule has 2 aromatic rings. The minimum absolute atomic E-state index is 0.0415. The molecule has 2 N–H and O–H groups in total. The molecule has 0 atom stereocenters. The largest absolute Gasteiger partial charge is 0.360 e. The van der Waals surface area contributed by atoms with Gasteiger partial charge in [-0.05, 0) is 36.8 Å². The Morgan fingerprint density at radius 3 is 2.68 bits per heavy atom. The molecule has 8 heteroatoms. The van der Waals surface area contributed by atoms with Crippen LogP contribution in [0.3, 0.4) is 0 Å². The van der Waals surface area contributed by atoms with Gasteiger partial charge in [0, 0.05) is 23.6 Å². The van der Waals surface area contributed by atoms with Crippen LogP contribution in [-0.4, -0.2) is 10.8 Å². The maximum atomic E-state index is 12.2. The molecule has 0 bridgehead atoms. The summed E-state index contributed by atoms with van der Waals surface area (Å²) >= 11 is 5.72. The molecule has 0 aliphatic carbocycles. The molecule has 0 spiro atoms. The summed E-state index contributed by atoms with van der Waals surface area (Å²) in [5, 5.41) is 25.3. The van der Waals surface area contributed by atoms with Crippen LogP contribution < -0.4 is 10.6 Å². The van der Waals surface area contributed by atoms with Crippen LogP contribution in [0.15, 0.2) is 54.2 Å². The number of amides is 1. The van der Waals surface area contributed by atoms with Gasteiger partial charge in [0.1, 0.15) is 16.7 Å². The molecular formula is C17H13ClN4O3. The summed E-state index contributed by atoms with van der Waals surface area (Å²) in [6, 6.07) is 13.0. The second kappa shape index (κ2) is 7.95. The summed E-state index contributed by atoms with van der Waals surface area (Å²) in [5.41, 5.74) is 1.40. The maximum Gasteiger partial charge on any atom is 0.289 e. The number of carbonyl (C=O) groups excluding carboxylic acids is 1. The van der Waals surface area contributed by atoms with E-state index in [1.165, 1.54) is 18.3 Å². The number of aryl methyl sites for hydroxylation is 1.